The molecule has 4 rings (SSSR count). The standard InChI is InChI=1S/C20H22FN3OS/c1-24-16-6-7-17(24)9-14(8-16)11-19(25)23-20-22-12-18(26-20)10-13-2-4-15(21)5-3-13/h2-5,11-12,16-17H,6-10H2,1H3,(H,22,23,25). The lowest BCUT2D eigenvalue weighted by Gasteiger charge is -2.32. The third-order valence-corrected chi connectivity index (χ3v) is 6.30. The molecule has 2 atom stereocenters. The van der Waals surface area contributed by atoms with Crippen molar-refractivity contribution in [3.8, 4) is 0 Å². The summed E-state index contributed by atoms with van der Waals surface area (Å²) in [6.45, 7) is 0. The van der Waals surface area contributed by atoms with Crippen LogP contribution in [0.1, 0.15) is 36.1 Å². The molecule has 0 saturated carbocycles. The van der Waals surface area contributed by atoms with Crippen LogP contribution in [0.25, 0.3) is 0 Å². The molecule has 2 fully saturated rings. The van der Waals surface area contributed by atoms with Crippen molar-refractivity contribution in [2.75, 3.05) is 12.4 Å². The third-order valence-electron chi connectivity index (χ3n) is 5.39. The summed E-state index contributed by atoms with van der Waals surface area (Å²) in [6.07, 6.45) is 8.68. The van der Waals surface area contributed by atoms with Crippen LogP contribution in [0.15, 0.2) is 42.1 Å². The van der Waals surface area contributed by atoms with Crippen LogP contribution in [0.2, 0.25) is 0 Å². The highest BCUT2D eigenvalue weighted by atomic mass is 32.1. The Bertz CT molecular complexity index is 814. The van der Waals surface area contributed by atoms with Gasteiger partial charge in [0.05, 0.1) is 0 Å². The van der Waals surface area contributed by atoms with Crippen molar-refractivity contribution in [3.05, 3.63) is 58.4 Å². The number of thiazole rings is 1. The zero-order valence-electron chi connectivity index (χ0n) is 14.7. The number of hydrogen-bond donors (Lipinski definition) is 1. The van der Waals surface area contributed by atoms with Gasteiger partial charge >= 0.3 is 0 Å². The Balaban J connectivity index is 1.36. The SMILES string of the molecule is CN1C2CCC1CC(=CC(=O)Nc1ncc(Cc3ccc(F)cc3)s1)C2. The lowest BCUT2D eigenvalue weighted by Crippen LogP contribution is -2.37. The highest BCUT2D eigenvalue weighted by Gasteiger charge is 2.35. The molecule has 0 aliphatic carbocycles. The number of anilines is 1. The minimum absolute atomic E-state index is 0.0911. The fourth-order valence-electron chi connectivity index (χ4n) is 3.97. The number of halogens is 1. The molecule has 1 aromatic heterocycles. The van der Waals surface area contributed by atoms with Crippen LogP contribution in [0.5, 0.6) is 0 Å². The van der Waals surface area contributed by atoms with Crippen LogP contribution in [-0.2, 0) is 11.2 Å². The van der Waals surface area contributed by atoms with Crippen molar-refractivity contribution >= 4 is 22.4 Å². The molecule has 136 valence electrons. The Labute approximate surface area is 156 Å². The van der Waals surface area contributed by atoms with E-state index >= 15 is 0 Å². The molecule has 2 saturated heterocycles. The van der Waals surface area contributed by atoms with E-state index in [0.29, 0.717) is 23.6 Å². The molecule has 4 nitrogen and oxygen atoms in total. The Hall–Kier alpha value is -2.05. The van der Waals surface area contributed by atoms with Gasteiger partial charge in [0.15, 0.2) is 5.13 Å². The lowest BCUT2D eigenvalue weighted by molar-refractivity contribution is -0.112. The molecule has 3 heterocycles. The van der Waals surface area contributed by atoms with Gasteiger partial charge in [-0.15, -0.1) is 11.3 Å². The Morgan fingerprint density at radius 2 is 2.00 bits per heavy atom. The van der Waals surface area contributed by atoms with Crippen LogP contribution in [0.4, 0.5) is 9.52 Å². The zero-order chi connectivity index (χ0) is 18.1. The monoisotopic (exact) mass is 371 g/mol. The summed E-state index contributed by atoms with van der Waals surface area (Å²) in [5.74, 6) is -0.326. The van der Waals surface area contributed by atoms with E-state index in [1.165, 1.54) is 41.9 Å². The molecule has 2 aromatic rings. The fourth-order valence-corrected chi connectivity index (χ4v) is 4.82. The summed E-state index contributed by atoms with van der Waals surface area (Å²) in [6, 6.07) is 7.64. The third kappa shape index (κ3) is 3.86. The second kappa shape index (κ2) is 7.29. The number of piperidine rings is 1. The van der Waals surface area contributed by atoms with Gasteiger partial charge in [0.2, 0.25) is 5.91 Å². The molecule has 2 aliphatic rings. The van der Waals surface area contributed by atoms with Crippen molar-refractivity contribution < 1.29 is 9.18 Å². The molecular weight excluding hydrogens is 349 g/mol. The minimum Gasteiger partial charge on any atom is -0.300 e. The molecule has 2 unspecified atom stereocenters. The van der Waals surface area contributed by atoms with Crippen molar-refractivity contribution in [3.63, 3.8) is 0 Å². The number of carbonyl (C=O) groups excluding carboxylic acids is 1. The first kappa shape index (κ1) is 17.4. The van der Waals surface area contributed by atoms with Crippen LogP contribution in [0, 0.1) is 5.82 Å². The number of nitrogens with one attached hydrogen (secondary N) is 1. The molecule has 1 amide bonds. The second-order valence-corrected chi connectivity index (χ2v) is 8.30. The van der Waals surface area contributed by atoms with E-state index in [9.17, 15) is 9.18 Å². The Morgan fingerprint density at radius 1 is 1.31 bits per heavy atom. The maximum absolute atomic E-state index is 13.0. The predicted molar refractivity (Wildman–Crippen MR) is 102 cm³/mol. The van der Waals surface area contributed by atoms with Gasteiger partial charge in [0, 0.05) is 35.7 Å². The fraction of sp³-hybridized carbons (Fsp3) is 0.400. The van der Waals surface area contributed by atoms with E-state index < -0.39 is 0 Å². The molecule has 1 N–H and O–H groups in total. The number of amides is 1. The first-order chi connectivity index (χ1) is 12.6. The second-order valence-electron chi connectivity index (χ2n) is 7.19. The van der Waals surface area contributed by atoms with Gasteiger partial charge in [-0.1, -0.05) is 17.7 Å². The first-order valence-electron chi connectivity index (χ1n) is 8.98. The van der Waals surface area contributed by atoms with Crippen LogP contribution >= 0.6 is 11.3 Å². The maximum Gasteiger partial charge on any atom is 0.250 e. The highest BCUT2D eigenvalue weighted by Crippen LogP contribution is 2.36. The number of nitrogens with zero attached hydrogens (tertiary/aromatic N) is 2. The van der Waals surface area contributed by atoms with E-state index in [-0.39, 0.29) is 11.7 Å². The Morgan fingerprint density at radius 3 is 2.69 bits per heavy atom. The van der Waals surface area contributed by atoms with E-state index in [2.05, 4.69) is 22.2 Å². The molecule has 0 radical (unpaired) electrons. The molecular formula is C20H22FN3OS. The summed E-state index contributed by atoms with van der Waals surface area (Å²) in [5, 5.41) is 3.50. The van der Waals surface area contributed by atoms with Crippen molar-refractivity contribution in [2.45, 2.75) is 44.2 Å². The van der Waals surface area contributed by atoms with Gasteiger partial charge in [-0.05, 0) is 50.4 Å². The van der Waals surface area contributed by atoms with E-state index in [1.54, 1.807) is 24.4 Å². The normalized spacial score (nSPS) is 22.5. The smallest absolute Gasteiger partial charge is 0.250 e. The summed E-state index contributed by atoms with van der Waals surface area (Å²) >= 11 is 1.46. The number of hydrogen-bond acceptors (Lipinski definition) is 4. The van der Waals surface area contributed by atoms with Crippen LogP contribution < -0.4 is 5.32 Å². The topological polar surface area (TPSA) is 45.2 Å². The summed E-state index contributed by atoms with van der Waals surface area (Å²) in [5.41, 5.74) is 2.27. The number of fused-ring (bicyclic) bond motifs is 2. The maximum atomic E-state index is 13.0. The van der Waals surface area contributed by atoms with Gasteiger partial charge in [0.1, 0.15) is 5.82 Å². The Kier molecular flexibility index (Phi) is 4.87. The number of rotatable bonds is 4. The lowest BCUT2D eigenvalue weighted by atomic mass is 9.97. The number of benzene rings is 1. The summed E-state index contributed by atoms with van der Waals surface area (Å²) in [4.78, 5) is 20.1. The molecule has 2 aliphatic heterocycles. The highest BCUT2D eigenvalue weighted by molar-refractivity contribution is 7.15. The van der Waals surface area contributed by atoms with Crippen molar-refractivity contribution in [1.82, 2.24) is 9.88 Å². The van der Waals surface area contributed by atoms with E-state index in [1.807, 2.05) is 0 Å². The largest absolute Gasteiger partial charge is 0.300 e. The number of carbonyl (C=O) groups is 1. The van der Waals surface area contributed by atoms with Gasteiger partial charge in [-0.2, -0.15) is 0 Å². The van der Waals surface area contributed by atoms with Crippen LogP contribution in [0.3, 0.4) is 0 Å². The van der Waals surface area contributed by atoms with Gasteiger partial charge < -0.3 is 0 Å². The summed E-state index contributed by atoms with van der Waals surface area (Å²) < 4.78 is 13.0. The van der Waals surface area contributed by atoms with E-state index in [0.717, 1.165) is 23.3 Å². The van der Waals surface area contributed by atoms with Crippen molar-refractivity contribution in [1.29, 1.82) is 0 Å². The van der Waals surface area contributed by atoms with Gasteiger partial charge in [-0.25, -0.2) is 9.37 Å². The minimum atomic E-state index is -0.235. The average molecular weight is 371 g/mol. The quantitative estimate of drug-likeness (QED) is 0.827. The molecule has 2 bridgehead atoms. The van der Waals surface area contributed by atoms with Crippen molar-refractivity contribution in [2.24, 2.45) is 0 Å². The van der Waals surface area contributed by atoms with Gasteiger partial charge in [0.25, 0.3) is 0 Å². The molecule has 0 spiro atoms. The van der Waals surface area contributed by atoms with E-state index in [4.69, 9.17) is 0 Å². The van der Waals surface area contributed by atoms with Crippen LogP contribution in [-0.4, -0.2) is 34.9 Å². The zero-order valence-corrected chi connectivity index (χ0v) is 15.6. The molecule has 6 heteroatoms. The molecule has 26 heavy (non-hydrogen) atoms. The number of aromatic nitrogens is 1. The first-order valence-corrected chi connectivity index (χ1v) is 9.80. The summed E-state index contributed by atoms with van der Waals surface area (Å²) in [7, 11) is 2.19. The van der Waals surface area contributed by atoms with Gasteiger partial charge in [-0.3, -0.25) is 15.0 Å². The predicted octanol–water partition coefficient (Wildman–Crippen LogP) is 3.99. The average Bonchev–Trinajstić information content (AvgIpc) is 3.10. The molecule has 1 aromatic carbocycles.